The van der Waals surface area contributed by atoms with Crippen molar-refractivity contribution >= 4 is 23.6 Å². The molecule has 0 radical (unpaired) electrons. The minimum Gasteiger partial charge on any atom is -0.488 e. The van der Waals surface area contributed by atoms with Crippen molar-refractivity contribution in [2.45, 2.75) is 19.4 Å². The van der Waals surface area contributed by atoms with Crippen molar-refractivity contribution in [1.29, 1.82) is 0 Å². The van der Waals surface area contributed by atoms with Gasteiger partial charge in [-0.3, -0.25) is 4.79 Å². The SMILES string of the molecule is CN(CC(C)(C)O)C(=O)/C=C/C1=Cc2cc(Cl)ccc2OC1. The van der Waals surface area contributed by atoms with Gasteiger partial charge in [-0.1, -0.05) is 17.7 Å². The van der Waals surface area contributed by atoms with Crippen LogP contribution in [0.3, 0.4) is 0 Å². The van der Waals surface area contributed by atoms with E-state index in [1.54, 1.807) is 33.0 Å². The Labute approximate surface area is 135 Å². The van der Waals surface area contributed by atoms with Gasteiger partial charge >= 0.3 is 0 Å². The van der Waals surface area contributed by atoms with Crippen LogP contribution in [0.1, 0.15) is 19.4 Å². The van der Waals surface area contributed by atoms with E-state index in [1.165, 1.54) is 11.0 Å². The van der Waals surface area contributed by atoms with Crippen LogP contribution in [-0.4, -0.2) is 41.7 Å². The molecule has 0 bridgehead atoms. The third-order valence-corrected chi connectivity index (χ3v) is 3.38. The van der Waals surface area contributed by atoms with Gasteiger partial charge < -0.3 is 14.7 Å². The zero-order valence-electron chi connectivity index (χ0n) is 13.0. The van der Waals surface area contributed by atoms with Gasteiger partial charge in [0, 0.05) is 30.3 Å². The summed E-state index contributed by atoms with van der Waals surface area (Å²) in [6.07, 6.45) is 5.16. The Kier molecular flexibility index (Phi) is 4.94. The summed E-state index contributed by atoms with van der Waals surface area (Å²) < 4.78 is 5.62. The molecule has 0 atom stereocenters. The van der Waals surface area contributed by atoms with E-state index in [9.17, 15) is 9.90 Å². The number of halogens is 1. The molecule has 0 saturated heterocycles. The average Bonchev–Trinajstić information content (AvgIpc) is 2.42. The third kappa shape index (κ3) is 4.61. The summed E-state index contributed by atoms with van der Waals surface area (Å²) in [7, 11) is 1.66. The number of nitrogens with zero attached hydrogens (tertiary/aromatic N) is 1. The molecule has 1 aliphatic heterocycles. The van der Waals surface area contributed by atoms with Gasteiger partial charge in [-0.05, 0) is 43.7 Å². The molecule has 22 heavy (non-hydrogen) atoms. The lowest BCUT2D eigenvalue weighted by Crippen LogP contribution is -2.39. The van der Waals surface area contributed by atoms with Crippen LogP contribution in [0.4, 0.5) is 0 Å². The van der Waals surface area contributed by atoms with Gasteiger partial charge in [0.15, 0.2) is 0 Å². The number of likely N-dealkylation sites (N-methyl/N-ethyl adjacent to an activating group) is 1. The van der Waals surface area contributed by atoms with E-state index in [2.05, 4.69) is 0 Å². The van der Waals surface area contributed by atoms with Crippen molar-refractivity contribution in [3.63, 3.8) is 0 Å². The first kappa shape index (κ1) is 16.6. The van der Waals surface area contributed by atoms with Crippen molar-refractivity contribution in [3.05, 3.63) is 46.5 Å². The minimum absolute atomic E-state index is 0.167. The normalized spacial score (nSPS) is 14.3. The van der Waals surface area contributed by atoms with Crippen LogP contribution in [0.25, 0.3) is 6.08 Å². The lowest BCUT2D eigenvalue weighted by atomic mass is 10.1. The van der Waals surface area contributed by atoms with Crippen molar-refractivity contribution in [3.8, 4) is 5.75 Å². The molecule has 1 aromatic rings. The van der Waals surface area contributed by atoms with E-state index in [1.807, 2.05) is 18.2 Å². The second-order valence-electron chi connectivity index (χ2n) is 6.03. The molecular formula is C17H20ClNO3. The van der Waals surface area contributed by atoms with Gasteiger partial charge in [0.25, 0.3) is 0 Å². The fraction of sp³-hybridized carbons (Fsp3) is 0.353. The van der Waals surface area contributed by atoms with Crippen molar-refractivity contribution in [2.75, 3.05) is 20.2 Å². The van der Waals surface area contributed by atoms with Crippen LogP contribution in [0.15, 0.2) is 35.9 Å². The van der Waals surface area contributed by atoms with Gasteiger partial charge in [0.2, 0.25) is 5.91 Å². The van der Waals surface area contributed by atoms with E-state index in [0.29, 0.717) is 11.6 Å². The predicted molar refractivity (Wildman–Crippen MR) is 88.0 cm³/mol. The standard InChI is InChI=1S/C17H20ClNO3/c1-17(2,21)11-19(3)16(20)7-4-12-8-13-9-14(18)5-6-15(13)22-10-12/h4-9,21H,10-11H2,1-3H3/b7-4+. The Morgan fingerprint density at radius 2 is 2.23 bits per heavy atom. The Hall–Kier alpha value is -1.78. The predicted octanol–water partition coefficient (Wildman–Crippen LogP) is 2.90. The summed E-state index contributed by atoms with van der Waals surface area (Å²) in [5.74, 6) is 0.618. The van der Waals surface area contributed by atoms with Crippen molar-refractivity contribution in [2.24, 2.45) is 0 Å². The summed E-state index contributed by atoms with van der Waals surface area (Å²) in [5.41, 5.74) is 0.872. The smallest absolute Gasteiger partial charge is 0.246 e. The first-order valence-electron chi connectivity index (χ1n) is 7.03. The molecule has 0 aromatic heterocycles. The largest absolute Gasteiger partial charge is 0.488 e. The summed E-state index contributed by atoms with van der Waals surface area (Å²) in [6, 6.07) is 5.44. The second-order valence-corrected chi connectivity index (χ2v) is 6.47. The molecule has 5 heteroatoms. The fourth-order valence-electron chi connectivity index (χ4n) is 2.23. The Balaban J connectivity index is 2.06. The Morgan fingerprint density at radius 1 is 1.50 bits per heavy atom. The second kappa shape index (κ2) is 6.55. The van der Waals surface area contributed by atoms with Crippen LogP contribution in [0.5, 0.6) is 5.75 Å². The minimum atomic E-state index is -0.916. The molecule has 1 N–H and O–H groups in total. The van der Waals surface area contributed by atoms with Gasteiger partial charge in [-0.2, -0.15) is 0 Å². The van der Waals surface area contributed by atoms with E-state index < -0.39 is 5.60 Å². The van der Waals surface area contributed by atoms with Crippen LogP contribution >= 0.6 is 11.6 Å². The van der Waals surface area contributed by atoms with Crippen LogP contribution in [-0.2, 0) is 4.79 Å². The van der Waals surface area contributed by atoms with Crippen LogP contribution in [0.2, 0.25) is 5.02 Å². The number of amides is 1. The first-order valence-corrected chi connectivity index (χ1v) is 7.41. The zero-order valence-corrected chi connectivity index (χ0v) is 13.7. The molecule has 4 nitrogen and oxygen atoms in total. The molecule has 1 amide bonds. The van der Waals surface area contributed by atoms with E-state index in [4.69, 9.17) is 16.3 Å². The molecule has 2 rings (SSSR count). The highest BCUT2D eigenvalue weighted by molar-refractivity contribution is 6.30. The molecule has 0 unspecified atom stereocenters. The number of hydrogen-bond donors (Lipinski definition) is 1. The summed E-state index contributed by atoms with van der Waals surface area (Å²) in [6.45, 7) is 4.01. The highest BCUT2D eigenvalue weighted by Gasteiger charge is 2.18. The number of ether oxygens (including phenoxy) is 1. The van der Waals surface area contributed by atoms with Gasteiger partial charge in [0.1, 0.15) is 12.4 Å². The molecule has 0 fully saturated rings. The first-order chi connectivity index (χ1) is 10.2. The molecular weight excluding hydrogens is 302 g/mol. The lowest BCUT2D eigenvalue weighted by Gasteiger charge is -2.24. The molecule has 118 valence electrons. The molecule has 1 heterocycles. The summed E-state index contributed by atoms with van der Waals surface area (Å²) in [4.78, 5) is 13.5. The molecule has 0 spiro atoms. The van der Waals surface area contributed by atoms with Crippen LogP contribution < -0.4 is 4.74 Å². The number of rotatable bonds is 4. The van der Waals surface area contributed by atoms with Crippen molar-refractivity contribution < 1.29 is 14.6 Å². The Morgan fingerprint density at radius 3 is 2.91 bits per heavy atom. The highest BCUT2D eigenvalue weighted by Crippen LogP contribution is 2.29. The molecule has 0 saturated carbocycles. The van der Waals surface area contributed by atoms with E-state index in [0.717, 1.165) is 16.9 Å². The molecule has 1 aromatic carbocycles. The Bertz CT molecular complexity index is 629. The number of aliphatic hydroxyl groups is 1. The lowest BCUT2D eigenvalue weighted by molar-refractivity contribution is -0.127. The maximum absolute atomic E-state index is 12.0. The van der Waals surface area contributed by atoms with E-state index >= 15 is 0 Å². The molecule has 0 aliphatic carbocycles. The average molecular weight is 322 g/mol. The summed E-state index contributed by atoms with van der Waals surface area (Å²) in [5, 5.41) is 10.4. The highest BCUT2D eigenvalue weighted by atomic mass is 35.5. The topological polar surface area (TPSA) is 49.8 Å². The number of carbonyl (C=O) groups excluding carboxylic acids is 1. The fourth-order valence-corrected chi connectivity index (χ4v) is 2.41. The van der Waals surface area contributed by atoms with Gasteiger partial charge in [-0.25, -0.2) is 0 Å². The number of benzene rings is 1. The van der Waals surface area contributed by atoms with Crippen LogP contribution in [0, 0.1) is 0 Å². The quantitative estimate of drug-likeness (QED) is 0.868. The number of fused-ring (bicyclic) bond motifs is 1. The monoisotopic (exact) mass is 321 g/mol. The third-order valence-electron chi connectivity index (χ3n) is 3.15. The van der Waals surface area contributed by atoms with Crippen molar-refractivity contribution in [1.82, 2.24) is 4.90 Å². The zero-order chi connectivity index (χ0) is 16.3. The molecule has 1 aliphatic rings. The number of hydrogen-bond acceptors (Lipinski definition) is 3. The summed E-state index contributed by atoms with van der Waals surface area (Å²) >= 11 is 5.97. The van der Waals surface area contributed by atoms with Gasteiger partial charge in [-0.15, -0.1) is 0 Å². The van der Waals surface area contributed by atoms with E-state index in [-0.39, 0.29) is 12.5 Å². The number of carbonyl (C=O) groups is 1. The van der Waals surface area contributed by atoms with Gasteiger partial charge in [0.05, 0.1) is 5.60 Å². The maximum atomic E-state index is 12.0. The maximum Gasteiger partial charge on any atom is 0.246 e.